The summed E-state index contributed by atoms with van der Waals surface area (Å²) in [6.07, 6.45) is 4.25. The Balaban J connectivity index is 2.24. The zero-order valence-corrected chi connectivity index (χ0v) is 12.4. The molecule has 2 aromatic rings. The van der Waals surface area contributed by atoms with E-state index in [0.29, 0.717) is 0 Å². The fourth-order valence-electron chi connectivity index (χ4n) is 2.25. The lowest BCUT2D eigenvalue weighted by atomic mass is 10.0. The number of halogens is 1. The molecular weight excluding hydrogens is 261 g/mol. The molecule has 0 aliphatic rings. The maximum absolute atomic E-state index is 13.6. The molecule has 2 rings (SSSR count). The minimum absolute atomic E-state index is 0.0791. The lowest BCUT2D eigenvalue weighted by Gasteiger charge is -2.04. The van der Waals surface area contributed by atoms with E-state index in [4.69, 9.17) is 5.26 Å². The van der Waals surface area contributed by atoms with Crippen LogP contribution >= 0.6 is 0 Å². The molecule has 0 N–H and O–H groups in total. The summed E-state index contributed by atoms with van der Waals surface area (Å²) in [5.41, 5.74) is 4.27. The largest absolute Gasteiger partial charge is 0.206 e. The Labute approximate surface area is 125 Å². The van der Waals surface area contributed by atoms with Gasteiger partial charge in [-0.3, -0.25) is 0 Å². The Kier molecular flexibility index (Phi) is 4.90. The van der Waals surface area contributed by atoms with Gasteiger partial charge in [0.2, 0.25) is 0 Å². The van der Waals surface area contributed by atoms with Crippen molar-refractivity contribution in [2.75, 3.05) is 0 Å². The quantitative estimate of drug-likeness (QED) is 0.705. The third-order valence-corrected chi connectivity index (χ3v) is 3.45. The summed E-state index contributed by atoms with van der Waals surface area (Å²) in [6.45, 7) is 4.11. The summed E-state index contributed by atoms with van der Waals surface area (Å²) in [5.74, 6) is -0.471. The van der Waals surface area contributed by atoms with E-state index in [2.05, 4.69) is 31.2 Å². The first-order chi connectivity index (χ1) is 10.1. The Morgan fingerprint density at radius 3 is 2.48 bits per heavy atom. The highest BCUT2D eigenvalue weighted by molar-refractivity contribution is 5.80. The Morgan fingerprint density at radius 1 is 1.19 bits per heavy atom. The van der Waals surface area contributed by atoms with Gasteiger partial charge in [0.15, 0.2) is 0 Å². The van der Waals surface area contributed by atoms with Crippen molar-refractivity contribution in [2.24, 2.45) is 0 Å². The third kappa shape index (κ3) is 3.79. The van der Waals surface area contributed by atoms with Gasteiger partial charge in [0.1, 0.15) is 11.9 Å². The van der Waals surface area contributed by atoms with Crippen LogP contribution in [0.4, 0.5) is 4.39 Å². The van der Waals surface area contributed by atoms with Crippen LogP contribution < -0.4 is 0 Å². The van der Waals surface area contributed by atoms with Crippen LogP contribution in [0.3, 0.4) is 0 Å². The molecule has 0 unspecified atom stereocenters. The van der Waals surface area contributed by atoms with Gasteiger partial charge < -0.3 is 0 Å². The molecule has 0 bridgehead atoms. The zero-order valence-electron chi connectivity index (χ0n) is 12.4. The summed E-state index contributed by atoms with van der Waals surface area (Å²) in [7, 11) is 0. The number of hydrogen-bond acceptors (Lipinski definition) is 1. The van der Waals surface area contributed by atoms with Gasteiger partial charge >= 0.3 is 0 Å². The first-order valence-electron chi connectivity index (χ1n) is 7.11. The standard InChI is InChI=1S/C19H18FN/c1-3-4-15-5-7-16(8-6-15)11-14(2)17-9-10-18(13-21)19(20)12-17/h5-12H,3-4H2,1-2H3. The molecule has 2 aromatic carbocycles. The number of aryl methyl sites for hydroxylation is 1. The number of allylic oxidation sites excluding steroid dienone is 1. The van der Waals surface area contributed by atoms with Gasteiger partial charge in [-0.15, -0.1) is 0 Å². The molecule has 21 heavy (non-hydrogen) atoms. The van der Waals surface area contributed by atoms with E-state index in [0.717, 1.165) is 29.5 Å². The monoisotopic (exact) mass is 279 g/mol. The van der Waals surface area contributed by atoms with E-state index in [9.17, 15) is 4.39 Å². The van der Waals surface area contributed by atoms with E-state index < -0.39 is 5.82 Å². The lowest BCUT2D eigenvalue weighted by molar-refractivity contribution is 0.623. The summed E-state index contributed by atoms with van der Waals surface area (Å²) < 4.78 is 13.6. The molecule has 0 fully saturated rings. The van der Waals surface area contributed by atoms with Crippen molar-refractivity contribution < 1.29 is 4.39 Å². The second-order valence-corrected chi connectivity index (χ2v) is 5.13. The van der Waals surface area contributed by atoms with Crippen molar-refractivity contribution in [3.8, 4) is 6.07 Å². The minimum Gasteiger partial charge on any atom is -0.206 e. The van der Waals surface area contributed by atoms with Crippen LogP contribution in [0, 0.1) is 17.1 Å². The number of hydrogen-bond donors (Lipinski definition) is 0. The number of benzene rings is 2. The molecule has 1 nitrogen and oxygen atoms in total. The smallest absolute Gasteiger partial charge is 0.141 e. The molecule has 0 spiro atoms. The van der Waals surface area contributed by atoms with Crippen molar-refractivity contribution in [1.29, 1.82) is 5.26 Å². The van der Waals surface area contributed by atoms with Crippen molar-refractivity contribution >= 4 is 11.6 Å². The van der Waals surface area contributed by atoms with E-state index in [1.54, 1.807) is 6.07 Å². The molecule has 0 heterocycles. The highest BCUT2D eigenvalue weighted by Crippen LogP contribution is 2.20. The molecular formula is C19H18FN. The predicted molar refractivity (Wildman–Crippen MR) is 85.1 cm³/mol. The van der Waals surface area contributed by atoms with Crippen molar-refractivity contribution in [3.05, 3.63) is 70.5 Å². The molecule has 0 aromatic heterocycles. The maximum Gasteiger partial charge on any atom is 0.141 e. The van der Waals surface area contributed by atoms with Crippen molar-refractivity contribution in [3.63, 3.8) is 0 Å². The average molecular weight is 279 g/mol. The van der Waals surface area contributed by atoms with E-state index in [1.807, 2.05) is 19.1 Å². The fourth-order valence-corrected chi connectivity index (χ4v) is 2.25. The van der Waals surface area contributed by atoms with Crippen LogP contribution in [0.2, 0.25) is 0 Å². The van der Waals surface area contributed by atoms with Gasteiger partial charge in [0, 0.05) is 0 Å². The Morgan fingerprint density at radius 2 is 1.90 bits per heavy atom. The zero-order chi connectivity index (χ0) is 15.2. The van der Waals surface area contributed by atoms with Crippen LogP contribution in [-0.2, 0) is 6.42 Å². The van der Waals surface area contributed by atoms with Crippen molar-refractivity contribution in [2.45, 2.75) is 26.7 Å². The van der Waals surface area contributed by atoms with Crippen LogP contribution in [0.15, 0.2) is 42.5 Å². The van der Waals surface area contributed by atoms with Crippen LogP contribution in [0.1, 0.15) is 42.5 Å². The maximum atomic E-state index is 13.6. The number of rotatable bonds is 4. The number of nitrogens with zero attached hydrogens (tertiary/aromatic N) is 1. The first kappa shape index (κ1) is 15.0. The SMILES string of the molecule is CCCc1ccc(C=C(C)c2ccc(C#N)c(F)c2)cc1. The Hall–Kier alpha value is -2.40. The van der Waals surface area contributed by atoms with Gasteiger partial charge in [-0.2, -0.15) is 5.26 Å². The van der Waals surface area contributed by atoms with E-state index in [1.165, 1.54) is 17.7 Å². The second kappa shape index (κ2) is 6.85. The molecule has 0 saturated heterocycles. The molecule has 0 aliphatic carbocycles. The van der Waals surface area contributed by atoms with Gasteiger partial charge in [0.25, 0.3) is 0 Å². The summed E-state index contributed by atoms with van der Waals surface area (Å²) in [6, 6.07) is 15.0. The highest BCUT2D eigenvalue weighted by atomic mass is 19.1. The average Bonchev–Trinajstić information content (AvgIpc) is 2.49. The topological polar surface area (TPSA) is 23.8 Å². The second-order valence-electron chi connectivity index (χ2n) is 5.13. The van der Waals surface area contributed by atoms with Gasteiger partial charge in [-0.25, -0.2) is 4.39 Å². The molecule has 0 amide bonds. The Bertz CT molecular complexity index is 690. The fraction of sp³-hybridized carbons (Fsp3) is 0.211. The normalized spacial score (nSPS) is 11.2. The minimum atomic E-state index is -0.471. The lowest BCUT2D eigenvalue weighted by Crippen LogP contribution is -1.88. The first-order valence-corrected chi connectivity index (χ1v) is 7.11. The van der Waals surface area contributed by atoms with Crippen LogP contribution in [0.5, 0.6) is 0 Å². The van der Waals surface area contributed by atoms with Crippen LogP contribution in [0.25, 0.3) is 11.6 Å². The van der Waals surface area contributed by atoms with Gasteiger partial charge in [0.05, 0.1) is 5.56 Å². The molecule has 2 heteroatoms. The molecule has 0 radical (unpaired) electrons. The molecule has 0 aliphatic heterocycles. The van der Waals surface area contributed by atoms with Crippen molar-refractivity contribution in [1.82, 2.24) is 0 Å². The van der Waals surface area contributed by atoms with E-state index >= 15 is 0 Å². The van der Waals surface area contributed by atoms with Crippen LogP contribution in [-0.4, -0.2) is 0 Å². The summed E-state index contributed by atoms with van der Waals surface area (Å²) >= 11 is 0. The highest BCUT2D eigenvalue weighted by Gasteiger charge is 2.04. The molecule has 0 atom stereocenters. The number of nitriles is 1. The van der Waals surface area contributed by atoms with E-state index in [-0.39, 0.29) is 5.56 Å². The summed E-state index contributed by atoms with van der Waals surface area (Å²) in [5, 5.41) is 8.75. The third-order valence-electron chi connectivity index (χ3n) is 3.45. The van der Waals surface area contributed by atoms with Gasteiger partial charge in [-0.1, -0.05) is 49.8 Å². The molecule has 0 saturated carbocycles. The molecule has 106 valence electrons. The predicted octanol–water partition coefficient (Wildman–Crippen LogP) is 5.21. The summed E-state index contributed by atoms with van der Waals surface area (Å²) in [4.78, 5) is 0. The van der Waals surface area contributed by atoms with Gasteiger partial charge in [-0.05, 0) is 47.7 Å².